The van der Waals surface area contributed by atoms with E-state index in [1.807, 2.05) is 18.3 Å². The summed E-state index contributed by atoms with van der Waals surface area (Å²) in [6.45, 7) is 2.76. The van der Waals surface area contributed by atoms with Crippen molar-refractivity contribution in [2.45, 2.75) is 19.9 Å². The maximum atomic E-state index is 12.1. The Balaban J connectivity index is 1.57. The van der Waals surface area contributed by atoms with Crippen LogP contribution in [0.2, 0.25) is 0 Å². The Hall–Kier alpha value is -2.96. The quantitative estimate of drug-likeness (QED) is 0.513. The molecule has 0 aliphatic heterocycles. The fraction of sp³-hybridized carbons (Fsp3) is 0.250. The highest BCUT2D eigenvalue weighted by Crippen LogP contribution is 2.17. The third-order valence-corrected chi connectivity index (χ3v) is 3.21. The van der Waals surface area contributed by atoms with Crippen LogP contribution < -0.4 is 0 Å². The molecule has 3 rings (SSSR count). The molecule has 0 atom stereocenters. The number of carbonyl (C=O) groups excluding carboxylic acids is 1. The standard InChI is InChI=1S/C16H16N4O3/c1-12-18-15(19-23-12)13-5-2-6-14(11-13)16(21)22-10-4-9-20-8-3-7-17-20/h2-3,5-8,11H,4,9-10H2,1H3. The number of hydrogen-bond acceptors (Lipinski definition) is 6. The minimum Gasteiger partial charge on any atom is -0.462 e. The maximum absolute atomic E-state index is 12.1. The summed E-state index contributed by atoms with van der Waals surface area (Å²) < 4.78 is 12.0. The van der Waals surface area contributed by atoms with Crippen LogP contribution in [-0.2, 0) is 11.3 Å². The summed E-state index contributed by atoms with van der Waals surface area (Å²) >= 11 is 0. The van der Waals surface area contributed by atoms with Crippen LogP contribution in [0.15, 0.2) is 47.2 Å². The number of esters is 1. The highest BCUT2D eigenvalue weighted by molar-refractivity contribution is 5.90. The van der Waals surface area contributed by atoms with E-state index < -0.39 is 0 Å². The first kappa shape index (κ1) is 15.0. The molecule has 0 fully saturated rings. The van der Waals surface area contributed by atoms with Crippen LogP contribution in [0.4, 0.5) is 0 Å². The van der Waals surface area contributed by atoms with E-state index in [0.29, 0.717) is 42.4 Å². The average Bonchev–Trinajstić information content (AvgIpc) is 3.23. The van der Waals surface area contributed by atoms with Crippen LogP contribution in [0.3, 0.4) is 0 Å². The van der Waals surface area contributed by atoms with Gasteiger partial charge in [-0.2, -0.15) is 10.1 Å². The Morgan fingerprint density at radius 3 is 3.00 bits per heavy atom. The molecule has 0 aliphatic rings. The molecule has 0 saturated heterocycles. The van der Waals surface area contributed by atoms with Crippen LogP contribution in [-0.4, -0.2) is 32.5 Å². The van der Waals surface area contributed by atoms with Gasteiger partial charge in [-0.05, 0) is 18.2 Å². The lowest BCUT2D eigenvalue weighted by Gasteiger charge is -2.06. The zero-order valence-electron chi connectivity index (χ0n) is 12.7. The SMILES string of the molecule is Cc1nc(-c2cccc(C(=O)OCCCn3cccn3)c2)no1. The Morgan fingerprint density at radius 1 is 1.35 bits per heavy atom. The van der Waals surface area contributed by atoms with Crippen molar-refractivity contribution in [2.75, 3.05) is 6.61 Å². The summed E-state index contributed by atoms with van der Waals surface area (Å²) in [5.41, 5.74) is 1.18. The van der Waals surface area contributed by atoms with Crippen molar-refractivity contribution in [1.29, 1.82) is 0 Å². The number of ether oxygens (including phenoxy) is 1. The molecule has 2 aromatic heterocycles. The van der Waals surface area contributed by atoms with Gasteiger partial charge in [0.25, 0.3) is 0 Å². The highest BCUT2D eigenvalue weighted by Gasteiger charge is 2.11. The van der Waals surface area contributed by atoms with E-state index in [9.17, 15) is 4.79 Å². The van der Waals surface area contributed by atoms with Gasteiger partial charge in [-0.25, -0.2) is 4.79 Å². The van der Waals surface area contributed by atoms with Crippen molar-refractivity contribution >= 4 is 5.97 Å². The second-order valence-electron chi connectivity index (χ2n) is 4.98. The first-order chi connectivity index (χ1) is 11.2. The van der Waals surface area contributed by atoms with Crippen LogP contribution in [0.1, 0.15) is 22.7 Å². The fourth-order valence-corrected chi connectivity index (χ4v) is 2.11. The Labute approximate surface area is 132 Å². The summed E-state index contributed by atoms with van der Waals surface area (Å²) in [5.74, 6) is 0.565. The van der Waals surface area contributed by atoms with Crippen LogP contribution >= 0.6 is 0 Å². The van der Waals surface area contributed by atoms with Crippen LogP contribution in [0, 0.1) is 6.92 Å². The number of aromatic nitrogens is 4. The third-order valence-electron chi connectivity index (χ3n) is 3.21. The predicted molar refractivity (Wildman–Crippen MR) is 81.6 cm³/mol. The van der Waals surface area contributed by atoms with Gasteiger partial charge < -0.3 is 9.26 Å². The molecule has 7 heteroatoms. The van der Waals surface area contributed by atoms with E-state index in [4.69, 9.17) is 9.26 Å². The van der Waals surface area contributed by atoms with Gasteiger partial charge in [0, 0.05) is 37.8 Å². The molecule has 0 aliphatic carbocycles. The Bertz CT molecular complexity index is 780. The molecule has 7 nitrogen and oxygen atoms in total. The number of hydrogen-bond donors (Lipinski definition) is 0. The molecule has 2 heterocycles. The molecule has 0 bridgehead atoms. The lowest BCUT2D eigenvalue weighted by atomic mass is 10.1. The van der Waals surface area contributed by atoms with Crippen molar-refractivity contribution in [3.8, 4) is 11.4 Å². The zero-order valence-corrected chi connectivity index (χ0v) is 12.7. The van der Waals surface area contributed by atoms with Crippen molar-refractivity contribution < 1.29 is 14.1 Å². The molecule has 0 radical (unpaired) electrons. The Kier molecular flexibility index (Phi) is 4.46. The summed E-state index contributed by atoms with van der Waals surface area (Å²) in [6.07, 6.45) is 4.30. The molecule has 0 amide bonds. The average molecular weight is 312 g/mol. The van der Waals surface area contributed by atoms with Crippen molar-refractivity contribution in [2.24, 2.45) is 0 Å². The van der Waals surface area contributed by atoms with Gasteiger partial charge >= 0.3 is 5.97 Å². The van der Waals surface area contributed by atoms with Crippen molar-refractivity contribution in [1.82, 2.24) is 19.9 Å². The molecular weight excluding hydrogens is 296 g/mol. The van der Waals surface area contributed by atoms with E-state index in [1.165, 1.54) is 0 Å². The second-order valence-corrected chi connectivity index (χ2v) is 4.98. The van der Waals surface area contributed by atoms with Gasteiger partial charge in [0.15, 0.2) is 0 Å². The molecule has 0 N–H and O–H groups in total. The number of benzene rings is 1. The minimum atomic E-state index is -0.368. The molecule has 3 aromatic rings. The second kappa shape index (κ2) is 6.87. The van der Waals surface area contributed by atoms with E-state index in [0.717, 1.165) is 0 Å². The summed E-state index contributed by atoms with van der Waals surface area (Å²) in [7, 11) is 0. The maximum Gasteiger partial charge on any atom is 0.338 e. The lowest BCUT2D eigenvalue weighted by molar-refractivity contribution is 0.0495. The topological polar surface area (TPSA) is 83.0 Å². The number of nitrogens with zero attached hydrogens (tertiary/aromatic N) is 4. The van der Waals surface area contributed by atoms with Crippen LogP contribution in [0.5, 0.6) is 0 Å². The zero-order chi connectivity index (χ0) is 16.1. The molecule has 1 aromatic carbocycles. The summed E-state index contributed by atoms with van der Waals surface area (Å²) in [5, 5.41) is 7.93. The third kappa shape index (κ3) is 3.82. The van der Waals surface area contributed by atoms with E-state index >= 15 is 0 Å². The van der Waals surface area contributed by atoms with E-state index in [2.05, 4.69) is 15.2 Å². The lowest BCUT2D eigenvalue weighted by Crippen LogP contribution is -2.09. The largest absolute Gasteiger partial charge is 0.462 e. The van der Waals surface area contributed by atoms with Crippen LogP contribution in [0.25, 0.3) is 11.4 Å². The van der Waals surface area contributed by atoms with Gasteiger partial charge in [0.05, 0.1) is 12.2 Å². The summed E-state index contributed by atoms with van der Waals surface area (Å²) in [4.78, 5) is 16.2. The highest BCUT2D eigenvalue weighted by atomic mass is 16.5. The Morgan fingerprint density at radius 2 is 2.26 bits per heavy atom. The first-order valence-electron chi connectivity index (χ1n) is 7.28. The molecule has 0 unspecified atom stereocenters. The predicted octanol–water partition coefficient (Wildman–Crippen LogP) is 2.49. The van der Waals surface area contributed by atoms with E-state index in [-0.39, 0.29) is 5.97 Å². The van der Waals surface area contributed by atoms with Gasteiger partial charge in [-0.3, -0.25) is 4.68 Å². The molecule has 0 spiro atoms. The summed E-state index contributed by atoms with van der Waals surface area (Å²) in [6, 6.07) is 8.84. The normalized spacial score (nSPS) is 10.7. The van der Waals surface area contributed by atoms with E-state index in [1.54, 1.807) is 36.0 Å². The fourth-order valence-electron chi connectivity index (χ4n) is 2.11. The molecule has 118 valence electrons. The van der Waals surface area contributed by atoms with Crippen molar-refractivity contribution in [3.05, 3.63) is 54.2 Å². The minimum absolute atomic E-state index is 0.338. The van der Waals surface area contributed by atoms with Crippen molar-refractivity contribution in [3.63, 3.8) is 0 Å². The molecular formula is C16H16N4O3. The number of rotatable bonds is 6. The number of aryl methyl sites for hydroxylation is 2. The van der Waals surface area contributed by atoms with Gasteiger partial charge in [0.1, 0.15) is 0 Å². The molecule has 23 heavy (non-hydrogen) atoms. The first-order valence-corrected chi connectivity index (χ1v) is 7.28. The van der Waals surface area contributed by atoms with Gasteiger partial charge in [-0.1, -0.05) is 17.3 Å². The molecule has 0 saturated carbocycles. The smallest absolute Gasteiger partial charge is 0.338 e. The van der Waals surface area contributed by atoms with Gasteiger partial charge in [-0.15, -0.1) is 0 Å². The van der Waals surface area contributed by atoms with Gasteiger partial charge in [0.2, 0.25) is 11.7 Å². The monoisotopic (exact) mass is 312 g/mol. The number of carbonyl (C=O) groups is 1.